The van der Waals surface area contributed by atoms with E-state index in [2.05, 4.69) is 19.2 Å². The maximum Gasteiger partial charge on any atom is 0.325 e. The fourth-order valence-electron chi connectivity index (χ4n) is 3.91. The Morgan fingerprint density at radius 1 is 1.16 bits per heavy atom. The van der Waals surface area contributed by atoms with Crippen molar-refractivity contribution < 1.29 is 14.4 Å². The van der Waals surface area contributed by atoms with Crippen LogP contribution in [0.25, 0.3) is 0 Å². The van der Waals surface area contributed by atoms with Gasteiger partial charge in [-0.2, -0.15) is 0 Å². The smallest absolute Gasteiger partial charge is 0.325 e. The summed E-state index contributed by atoms with van der Waals surface area (Å²) in [5.41, 5.74) is -0.412. The van der Waals surface area contributed by atoms with Gasteiger partial charge in [-0.25, -0.2) is 4.79 Å². The topological polar surface area (TPSA) is 69.7 Å². The van der Waals surface area contributed by atoms with Gasteiger partial charge in [0.25, 0.3) is 5.91 Å². The van der Waals surface area contributed by atoms with Gasteiger partial charge in [0.2, 0.25) is 5.91 Å². The minimum absolute atomic E-state index is 0.167. The molecule has 6 nitrogen and oxygen atoms in total. The van der Waals surface area contributed by atoms with E-state index >= 15 is 0 Å². The summed E-state index contributed by atoms with van der Waals surface area (Å²) in [4.78, 5) is 40.7. The molecule has 1 aromatic carbocycles. The van der Waals surface area contributed by atoms with Gasteiger partial charge in [0.15, 0.2) is 0 Å². The summed E-state index contributed by atoms with van der Waals surface area (Å²) in [6.45, 7) is 7.09. The quantitative estimate of drug-likeness (QED) is 0.853. The summed E-state index contributed by atoms with van der Waals surface area (Å²) in [5, 5.41) is 2.74. The van der Waals surface area contributed by atoms with Crippen LogP contribution in [0.1, 0.15) is 32.8 Å². The molecule has 0 spiro atoms. The van der Waals surface area contributed by atoms with Crippen molar-refractivity contribution in [1.29, 1.82) is 0 Å². The number of carbonyl (C=O) groups excluding carboxylic acids is 3. The molecule has 6 heteroatoms. The Hall–Kier alpha value is -2.37. The second-order valence-electron chi connectivity index (χ2n) is 7.56. The van der Waals surface area contributed by atoms with E-state index in [1.54, 1.807) is 24.0 Å². The van der Waals surface area contributed by atoms with E-state index in [1.807, 2.05) is 18.2 Å². The fourth-order valence-corrected chi connectivity index (χ4v) is 3.91. The van der Waals surface area contributed by atoms with Crippen LogP contribution in [0.3, 0.4) is 0 Å². The highest BCUT2D eigenvalue weighted by Crippen LogP contribution is 2.29. The number of piperidine rings is 1. The second kappa shape index (κ2) is 6.50. The Morgan fingerprint density at radius 3 is 2.36 bits per heavy atom. The number of rotatable bonds is 3. The van der Waals surface area contributed by atoms with E-state index in [-0.39, 0.29) is 18.4 Å². The molecule has 1 aromatic rings. The van der Waals surface area contributed by atoms with E-state index in [1.165, 1.54) is 0 Å². The number of urea groups is 1. The lowest BCUT2D eigenvalue weighted by Gasteiger charge is -2.35. The highest BCUT2D eigenvalue weighted by atomic mass is 16.2. The van der Waals surface area contributed by atoms with Crippen LogP contribution in [0.2, 0.25) is 0 Å². The average molecular weight is 343 g/mol. The zero-order valence-corrected chi connectivity index (χ0v) is 15.0. The van der Waals surface area contributed by atoms with Crippen LogP contribution in [0.15, 0.2) is 30.3 Å². The standard InChI is InChI=1S/C19H25N3O3/c1-13-9-14(2)11-21(10-13)16(23)12-22-17(24)19(3,20-18(22)25)15-7-5-4-6-8-15/h4-8,13-14H,9-12H2,1-3H3,(H,20,25)/t13-,14+,19-/m0/s1. The van der Waals surface area contributed by atoms with Crippen LogP contribution in [0.4, 0.5) is 4.79 Å². The number of imide groups is 1. The molecule has 25 heavy (non-hydrogen) atoms. The van der Waals surface area contributed by atoms with Gasteiger partial charge >= 0.3 is 6.03 Å². The second-order valence-corrected chi connectivity index (χ2v) is 7.56. The van der Waals surface area contributed by atoms with Crippen molar-refractivity contribution >= 4 is 17.8 Å². The van der Waals surface area contributed by atoms with Crippen LogP contribution >= 0.6 is 0 Å². The van der Waals surface area contributed by atoms with Crippen LogP contribution in [0.5, 0.6) is 0 Å². The Morgan fingerprint density at radius 2 is 1.76 bits per heavy atom. The summed E-state index contributed by atoms with van der Waals surface area (Å²) in [6.07, 6.45) is 1.10. The molecule has 2 heterocycles. The zero-order valence-electron chi connectivity index (χ0n) is 15.0. The van der Waals surface area contributed by atoms with Gasteiger partial charge in [-0.3, -0.25) is 14.5 Å². The number of benzene rings is 1. The first-order valence-corrected chi connectivity index (χ1v) is 8.78. The van der Waals surface area contributed by atoms with Gasteiger partial charge in [-0.15, -0.1) is 0 Å². The van der Waals surface area contributed by atoms with Gasteiger partial charge in [0.1, 0.15) is 12.1 Å². The molecule has 2 fully saturated rings. The maximum atomic E-state index is 12.9. The van der Waals surface area contributed by atoms with Gasteiger partial charge in [0, 0.05) is 13.1 Å². The summed E-state index contributed by atoms with van der Waals surface area (Å²) in [6, 6.07) is 8.60. The van der Waals surface area contributed by atoms with Gasteiger partial charge in [-0.1, -0.05) is 44.2 Å². The molecule has 0 bridgehead atoms. The van der Waals surface area contributed by atoms with E-state index in [9.17, 15) is 14.4 Å². The number of nitrogens with zero attached hydrogens (tertiary/aromatic N) is 2. The number of carbonyl (C=O) groups is 3. The molecular weight excluding hydrogens is 318 g/mol. The van der Waals surface area contributed by atoms with Crippen molar-refractivity contribution in [3.8, 4) is 0 Å². The predicted octanol–water partition coefficient (Wildman–Crippen LogP) is 1.96. The lowest BCUT2D eigenvalue weighted by molar-refractivity contribution is -0.140. The largest absolute Gasteiger partial charge is 0.341 e. The first-order valence-electron chi connectivity index (χ1n) is 8.78. The third kappa shape index (κ3) is 3.25. The molecular formula is C19H25N3O3. The summed E-state index contributed by atoms with van der Waals surface area (Å²) in [5.74, 6) is 0.324. The number of likely N-dealkylation sites (tertiary alicyclic amines) is 1. The zero-order chi connectivity index (χ0) is 18.2. The molecule has 2 saturated heterocycles. The number of amides is 4. The van der Waals surface area contributed by atoms with Crippen molar-refractivity contribution in [2.75, 3.05) is 19.6 Å². The Bertz CT molecular complexity index is 680. The summed E-state index contributed by atoms with van der Waals surface area (Å²) >= 11 is 0. The van der Waals surface area contributed by atoms with Crippen LogP contribution < -0.4 is 5.32 Å². The number of hydrogen-bond acceptors (Lipinski definition) is 3. The van der Waals surface area contributed by atoms with E-state index in [0.717, 1.165) is 11.3 Å². The molecule has 2 aliphatic rings. The molecule has 0 radical (unpaired) electrons. The molecule has 4 amide bonds. The van der Waals surface area contributed by atoms with Gasteiger partial charge < -0.3 is 10.2 Å². The lowest BCUT2D eigenvalue weighted by Crippen LogP contribution is -2.48. The summed E-state index contributed by atoms with van der Waals surface area (Å²) in [7, 11) is 0. The van der Waals surface area contributed by atoms with Crippen molar-refractivity contribution in [3.63, 3.8) is 0 Å². The van der Waals surface area contributed by atoms with Gasteiger partial charge in [0.05, 0.1) is 0 Å². The highest BCUT2D eigenvalue weighted by Gasteiger charge is 2.49. The molecule has 2 aliphatic heterocycles. The first kappa shape index (κ1) is 17.5. The molecule has 0 saturated carbocycles. The Labute approximate surface area is 148 Å². The van der Waals surface area contributed by atoms with Crippen LogP contribution in [-0.2, 0) is 15.1 Å². The number of hydrogen-bond donors (Lipinski definition) is 1. The monoisotopic (exact) mass is 343 g/mol. The Balaban J connectivity index is 1.74. The maximum absolute atomic E-state index is 12.9. The molecule has 1 N–H and O–H groups in total. The van der Waals surface area contributed by atoms with Crippen LogP contribution in [-0.4, -0.2) is 47.3 Å². The molecule has 0 aromatic heterocycles. The minimum atomic E-state index is -1.12. The van der Waals surface area contributed by atoms with Crippen LogP contribution in [0, 0.1) is 11.8 Å². The Kier molecular flexibility index (Phi) is 4.54. The third-order valence-electron chi connectivity index (χ3n) is 5.14. The third-order valence-corrected chi connectivity index (χ3v) is 5.14. The highest BCUT2D eigenvalue weighted by molar-refractivity contribution is 6.09. The van der Waals surface area contributed by atoms with Crippen molar-refractivity contribution in [2.45, 2.75) is 32.7 Å². The molecule has 0 unspecified atom stereocenters. The van der Waals surface area contributed by atoms with Gasteiger partial charge in [-0.05, 0) is 30.7 Å². The SMILES string of the molecule is C[C@@H]1C[C@H](C)CN(C(=O)CN2C(=O)N[C@@](C)(c3ccccc3)C2=O)C1. The minimum Gasteiger partial charge on any atom is -0.341 e. The van der Waals surface area contributed by atoms with E-state index in [0.29, 0.717) is 30.5 Å². The molecule has 0 aliphatic carbocycles. The molecule has 134 valence electrons. The average Bonchev–Trinajstić information content (AvgIpc) is 2.79. The predicted molar refractivity (Wildman–Crippen MR) is 93.6 cm³/mol. The molecule has 3 atom stereocenters. The van der Waals surface area contributed by atoms with Crippen molar-refractivity contribution in [1.82, 2.24) is 15.1 Å². The van der Waals surface area contributed by atoms with E-state index < -0.39 is 11.6 Å². The number of nitrogens with one attached hydrogen (secondary N) is 1. The fraction of sp³-hybridized carbons (Fsp3) is 0.526. The van der Waals surface area contributed by atoms with Crippen molar-refractivity contribution in [3.05, 3.63) is 35.9 Å². The van der Waals surface area contributed by atoms with Crippen molar-refractivity contribution in [2.24, 2.45) is 11.8 Å². The molecule has 3 rings (SSSR count). The summed E-state index contributed by atoms with van der Waals surface area (Å²) < 4.78 is 0. The first-order chi connectivity index (χ1) is 11.8. The normalized spacial score (nSPS) is 29.7. The lowest BCUT2D eigenvalue weighted by atomic mass is 9.91. The van der Waals surface area contributed by atoms with E-state index in [4.69, 9.17) is 0 Å².